The van der Waals surface area contributed by atoms with E-state index >= 15 is 0 Å². The molecule has 0 spiro atoms. The van der Waals surface area contributed by atoms with Gasteiger partial charge in [-0.05, 0) is 24.3 Å². The minimum Gasteiger partial charge on any atom is -0.289 e. The maximum absolute atomic E-state index is 12.6. The number of carbonyl (C=O) groups excluding carboxylic acids is 1. The molecule has 0 aliphatic carbocycles. The summed E-state index contributed by atoms with van der Waals surface area (Å²) in [5.74, 6) is -0.0266. The summed E-state index contributed by atoms with van der Waals surface area (Å²) in [6.45, 7) is 0. The van der Waals surface area contributed by atoms with Crippen molar-refractivity contribution in [2.45, 2.75) is 0 Å². The number of carbonyl (C=O) groups is 1. The Morgan fingerprint density at radius 1 is 0.760 bits per heavy atom. The van der Waals surface area contributed by atoms with Crippen molar-refractivity contribution in [1.29, 1.82) is 0 Å². The Hall–Kier alpha value is -3.60. The minimum atomic E-state index is -0.0266. The van der Waals surface area contributed by atoms with Crippen LogP contribution in [-0.4, -0.2) is 25.1 Å². The molecule has 0 saturated carbocycles. The van der Waals surface area contributed by atoms with Gasteiger partial charge in [-0.1, -0.05) is 42.5 Å². The predicted octanol–water partition coefficient (Wildman–Crippen LogP) is 3.66. The number of para-hydroxylation sites is 2. The number of pyridine rings is 1. The molecule has 0 radical (unpaired) electrons. The molecule has 5 rings (SSSR count). The largest absolute Gasteiger partial charge is 0.289 e. The maximum Gasteiger partial charge on any atom is 0.198 e. The van der Waals surface area contributed by atoms with Gasteiger partial charge < -0.3 is 0 Å². The highest BCUT2D eigenvalue weighted by molar-refractivity contribution is 6.09. The molecule has 5 aromatic rings. The van der Waals surface area contributed by atoms with E-state index in [1.807, 2.05) is 65.2 Å². The Kier molecular flexibility index (Phi) is 2.87. The molecule has 0 bridgehead atoms. The van der Waals surface area contributed by atoms with Gasteiger partial charge in [0, 0.05) is 17.3 Å². The van der Waals surface area contributed by atoms with Crippen LogP contribution >= 0.6 is 0 Å². The van der Waals surface area contributed by atoms with Crippen molar-refractivity contribution in [3.63, 3.8) is 0 Å². The van der Waals surface area contributed by atoms with E-state index in [-0.39, 0.29) is 5.78 Å². The quantitative estimate of drug-likeness (QED) is 0.465. The topological polar surface area (TPSA) is 60.2 Å². The zero-order chi connectivity index (χ0) is 16.8. The number of hydrogen-bond donors (Lipinski definition) is 0. The van der Waals surface area contributed by atoms with Crippen molar-refractivity contribution in [3.8, 4) is 0 Å². The van der Waals surface area contributed by atoms with Crippen LogP contribution < -0.4 is 0 Å². The average molecular weight is 324 g/mol. The third kappa shape index (κ3) is 2.17. The molecule has 0 amide bonds. The number of fused-ring (bicyclic) bond motifs is 4. The van der Waals surface area contributed by atoms with Crippen LogP contribution in [0.1, 0.15) is 15.9 Å². The van der Waals surface area contributed by atoms with Crippen molar-refractivity contribution < 1.29 is 4.79 Å². The van der Waals surface area contributed by atoms with Crippen LogP contribution in [0.15, 0.2) is 72.9 Å². The standard InChI is InChI=1S/C20H12N4O/c25-18(13-6-2-1-3-7-13)14-10-11-24-17(12-14)23-19-20(24)22-16-9-5-4-8-15(16)21-19/h1-12H. The molecule has 25 heavy (non-hydrogen) atoms. The Balaban J connectivity index is 1.71. The number of nitrogens with zero attached hydrogens (tertiary/aromatic N) is 4. The summed E-state index contributed by atoms with van der Waals surface area (Å²) in [6, 6.07) is 20.5. The Labute approximate surface area is 142 Å². The number of hydrogen-bond acceptors (Lipinski definition) is 4. The lowest BCUT2D eigenvalue weighted by Gasteiger charge is -2.02. The van der Waals surface area contributed by atoms with Gasteiger partial charge in [-0.2, -0.15) is 0 Å². The van der Waals surface area contributed by atoms with Crippen LogP contribution in [0.4, 0.5) is 0 Å². The monoisotopic (exact) mass is 324 g/mol. The molecule has 5 heteroatoms. The summed E-state index contributed by atoms with van der Waals surface area (Å²) in [5, 5.41) is 0. The van der Waals surface area contributed by atoms with E-state index in [4.69, 9.17) is 0 Å². The molecule has 0 aliphatic heterocycles. The van der Waals surface area contributed by atoms with Gasteiger partial charge >= 0.3 is 0 Å². The highest BCUT2D eigenvalue weighted by Crippen LogP contribution is 2.19. The lowest BCUT2D eigenvalue weighted by molar-refractivity contribution is 0.103. The van der Waals surface area contributed by atoms with Gasteiger partial charge in [-0.3, -0.25) is 9.20 Å². The van der Waals surface area contributed by atoms with Crippen LogP contribution in [0, 0.1) is 0 Å². The summed E-state index contributed by atoms with van der Waals surface area (Å²) in [6.07, 6.45) is 1.82. The Bertz CT molecular complexity index is 1260. The SMILES string of the molecule is O=C(c1ccccc1)c1ccn2c(c1)nc1nc3ccccc3nc12. The van der Waals surface area contributed by atoms with Crippen LogP contribution in [0.5, 0.6) is 0 Å². The molecule has 0 N–H and O–H groups in total. The first-order valence-electron chi connectivity index (χ1n) is 7.94. The minimum absolute atomic E-state index is 0.0266. The normalized spacial score (nSPS) is 11.4. The summed E-state index contributed by atoms with van der Waals surface area (Å²) in [5.41, 5.74) is 4.80. The highest BCUT2D eigenvalue weighted by atomic mass is 16.1. The first-order valence-corrected chi connectivity index (χ1v) is 7.94. The molecule has 0 fully saturated rings. The summed E-state index contributed by atoms with van der Waals surface area (Å²) < 4.78 is 1.86. The molecule has 0 atom stereocenters. The Morgan fingerprint density at radius 2 is 1.48 bits per heavy atom. The summed E-state index contributed by atoms with van der Waals surface area (Å²) in [4.78, 5) is 26.4. The number of rotatable bonds is 2. The van der Waals surface area contributed by atoms with E-state index < -0.39 is 0 Å². The van der Waals surface area contributed by atoms with Crippen molar-refractivity contribution in [2.24, 2.45) is 0 Å². The zero-order valence-electron chi connectivity index (χ0n) is 13.1. The fourth-order valence-electron chi connectivity index (χ4n) is 2.98. The second kappa shape index (κ2) is 5.21. The second-order valence-electron chi connectivity index (χ2n) is 5.81. The zero-order valence-corrected chi connectivity index (χ0v) is 13.1. The van der Waals surface area contributed by atoms with E-state index in [1.54, 1.807) is 12.1 Å². The Morgan fingerprint density at radius 3 is 2.28 bits per heavy atom. The van der Waals surface area contributed by atoms with Gasteiger partial charge in [0.2, 0.25) is 0 Å². The smallest absolute Gasteiger partial charge is 0.198 e. The fraction of sp³-hybridized carbons (Fsp3) is 0. The van der Waals surface area contributed by atoms with Gasteiger partial charge in [-0.15, -0.1) is 0 Å². The van der Waals surface area contributed by atoms with Gasteiger partial charge in [0.1, 0.15) is 5.65 Å². The average Bonchev–Trinajstić information content (AvgIpc) is 3.02. The molecule has 3 heterocycles. The van der Waals surface area contributed by atoms with Gasteiger partial charge in [-0.25, -0.2) is 15.0 Å². The van der Waals surface area contributed by atoms with E-state index in [0.29, 0.717) is 28.1 Å². The maximum atomic E-state index is 12.6. The lowest BCUT2D eigenvalue weighted by Crippen LogP contribution is -2.02. The fourth-order valence-corrected chi connectivity index (χ4v) is 2.98. The van der Waals surface area contributed by atoms with Crippen molar-refractivity contribution in [3.05, 3.63) is 84.1 Å². The molecule has 0 saturated heterocycles. The molecule has 0 unspecified atom stereocenters. The van der Waals surface area contributed by atoms with Crippen LogP contribution in [0.2, 0.25) is 0 Å². The van der Waals surface area contributed by atoms with E-state index in [1.165, 1.54) is 0 Å². The second-order valence-corrected chi connectivity index (χ2v) is 5.81. The summed E-state index contributed by atoms with van der Waals surface area (Å²) >= 11 is 0. The highest BCUT2D eigenvalue weighted by Gasteiger charge is 2.13. The molecule has 0 aliphatic rings. The number of ketones is 1. The van der Waals surface area contributed by atoms with E-state index in [2.05, 4.69) is 15.0 Å². The predicted molar refractivity (Wildman–Crippen MR) is 95.7 cm³/mol. The molecule has 3 aromatic heterocycles. The third-order valence-corrected chi connectivity index (χ3v) is 4.22. The van der Waals surface area contributed by atoms with Crippen LogP contribution in [-0.2, 0) is 0 Å². The van der Waals surface area contributed by atoms with E-state index in [0.717, 1.165) is 11.0 Å². The summed E-state index contributed by atoms with van der Waals surface area (Å²) in [7, 11) is 0. The van der Waals surface area contributed by atoms with Gasteiger partial charge in [0.05, 0.1) is 11.0 Å². The molecular weight excluding hydrogens is 312 g/mol. The van der Waals surface area contributed by atoms with Crippen molar-refractivity contribution >= 4 is 33.8 Å². The molecular formula is C20H12N4O. The van der Waals surface area contributed by atoms with E-state index in [9.17, 15) is 4.79 Å². The molecule has 118 valence electrons. The number of aromatic nitrogens is 4. The first-order chi connectivity index (χ1) is 12.3. The third-order valence-electron chi connectivity index (χ3n) is 4.22. The number of benzene rings is 2. The first kappa shape index (κ1) is 13.8. The van der Waals surface area contributed by atoms with Crippen LogP contribution in [0.3, 0.4) is 0 Å². The number of imidazole rings is 1. The van der Waals surface area contributed by atoms with Crippen molar-refractivity contribution in [1.82, 2.24) is 19.4 Å². The van der Waals surface area contributed by atoms with Crippen LogP contribution in [0.25, 0.3) is 28.0 Å². The van der Waals surface area contributed by atoms with Crippen molar-refractivity contribution in [2.75, 3.05) is 0 Å². The van der Waals surface area contributed by atoms with Gasteiger partial charge in [0.25, 0.3) is 0 Å². The molecule has 5 nitrogen and oxygen atoms in total. The van der Waals surface area contributed by atoms with Gasteiger partial charge in [0.15, 0.2) is 17.1 Å². The lowest BCUT2D eigenvalue weighted by atomic mass is 10.0. The molecule has 2 aromatic carbocycles.